The first-order chi connectivity index (χ1) is 13.2. The highest BCUT2D eigenvalue weighted by molar-refractivity contribution is 9.10. The van der Waals surface area contributed by atoms with Gasteiger partial charge in [0.25, 0.3) is 0 Å². The molecule has 0 saturated carbocycles. The number of ether oxygens (including phenoxy) is 1. The summed E-state index contributed by atoms with van der Waals surface area (Å²) in [7, 11) is 1.62. The Hall–Kier alpha value is -2.05. The highest BCUT2D eigenvalue weighted by Gasteiger charge is 2.24. The van der Waals surface area contributed by atoms with E-state index in [0.717, 1.165) is 34.6 Å². The Labute approximate surface area is 168 Å². The number of carbonyl (C=O) groups excluding carboxylic acids is 1. The molecule has 0 aliphatic carbocycles. The number of benzene rings is 1. The SMILES string of the molecule is COc1ccc(Br)cc1/C=C/C(=O)NCC(c1ccco1)N1CCCCC1. The van der Waals surface area contributed by atoms with E-state index in [1.807, 2.05) is 30.3 Å². The summed E-state index contributed by atoms with van der Waals surface area (Å²) in [4.78, 5) is 14.8. The van der Waals surface area contributed by atoms with Crippen LogP contribution in [-0.4, -0.2) is 37.6 Å². The molecule has 0 spiro atoms. The van der Waals surface area contributed by atoms with Crippen LogP contribution >= 0.6 is 15.9 Å². The number of hydrogen-bond donors (Lipinski definition) is 1. The van der Waals surface area contributed by atoms with Crippen LogP contribution in [0.5, 0.6) is 5.75 Å². The van der Waals surface area contributed by atoms with Crippen molar-refractivity contribution >= 4 is 27.9 Å². The molecule has 144 valence electrons. The standard InChI is InChI=1S/C21H25BrN2O3/c1-26-19-9-8-17(22)14-16(19)7-10-21(25)23-15-18(20-6-5-13-27-20)24-11-3-2-4-12-24/h5-10,13-14,18H,2-4,11-12,15H2,1H3,(H,23,25)/b10-7+. The first-order valence-corrected chi connectivity index (χ1v) is 10.0. The van der Waals surface area contributed by atoms with Gasteiger partial charge in [0, 0.05) is 22.7 Å². The van der Waals surface area contributed by atoms with Crippen molar-refractivity contribution in [2.45, 2.75) is 25.3 Å². The van der Waals surface area contributed by atoms with Gasteiger partial charge in [0.1, 0.15) is 11.5 Å². The fraction of sp³-hybridized carbons (Fsp3) is 0.381. The highest BCUT2D eigenvalue weighted by atomic mass is 79.9. The fourth-order valence-electron chi connectivity index (χ4n) is 3.38. The summed E-state index contributed by atoms with van der Waals surface area (Å²) in [6, 6.07) is 9.63. The molecule has 1 aromatic heterocycles. The van der Waals surface area contributed by atoms with Crippen molar-refractivity contribution in [1.82, 2.24) is 10.2 Å². The Balaban J connectivity index is 1.63. The molecular weight excluding hydrogens is 408 g/mol. The number of carbonyl (C=O) groups is 1. The number of rotatable bonds is 7. The van der Waals surface area contributed by atoms with Crippen LogP contribution in [0.2, 0.25) is 0 Å². The maximum atomic E-state index is 12.4. The third-order valence-electron chi connectivity index (χ3n) is 4.78. The Morgan fingerprint density at radius 1 is 1.33 bits per heavy atom. The minimum atomic E-state index is -0.134. The van der Waals surface area contributed by atoms with Gasteiger partial charge in [0.05, 0.1) is 19.4 Å². The molecule has 2 heterocycles. The zero-order chi connectivity index (χ0) is 19.1. The molecule has 1 aromatic carbocycles. The van der Waals surface area contributed by atoms with Crippen LogP contribution < -0.4 is 10.1 Å². The van der Waals surface area contributed by atoms with Crippen LogP contribution in [0.1, 0.15) is 36.6 Å². The van der Waals surface area contributed by atoms with Gasteiger partial charge in [0.2, 0.25) is 5.91 Å². The lowest BCUT2D eigenvalue weighted by Crippen LogP contribution is -2.40. The van der Waals surface area contributed by atoms with Crippen molar-refractivity contribution in [3.8, 4) is 5.75 Å². The van der Waals surface area contributed by atoms with Crippen LogP contribution in [0.3, 0.4) is 0 Å². The fourth-order valence-corrected chi connectivity index (χ4v) is 3.76. The molecule has 5 nitrogen and oxygen atoms in total. The van der Waals surface area contributed by atoms with Gasteiger partial charge in [-0.3, -0.25) is 9.69 Å². The van der Waals surface area contributed by atoms with E-state index in [4.69, 9.17) is 9.15 Å². The van der Waals surface area contributed by atoms with E-state index < -0.39 is 0 Å². The summed E-state index contributed by atoms with van der Waals surface area (Å²) >= 11 is 3.44. The molecule has 0 bridgehead atoms. The number of likely N-dealkylation sites (tertiary alicyclic amines) is 1. The molecule has 1 aliphatic heterocycles. The minimum Gasteiger partial charge on any atom is -0.496 e. The predicted octanol–water partition coefficient (Wildman–Crippen LogP) is 4.41. The van der Waals surface area contributed by atoms with Gasteiger partial charge in [-0.1, -0.05) is 22.4 Å². The van der Waals surface area contributed by atoms with E-state index in [-0.39, 0.29) is 11.9 Å². The molecule has 2 aromatic rings. The van der Waals surface area contributed by atoms with Crippen LogP contribution in [0, 0.1) is 0 Å². The number of nitrogens with one attached hydrogen (secondary N) is 1. The first kappa shape index (κ1) is 19.7. The molecule has 1 unspecified atom stereocenters. The Kier molecular flexibility index (Phi) is 7.12. The van der Waals surface area contributed by atoms with Gasteiger partial charge in [0.15, 0.2) is 0 Å². The van der Waals surface area contributed by atoms with Gasteiger partial charge < -0.3 is 14.5 Å². The zero-order valence-electron chi connectivity index (χ0n) is 15.5. The van der Waals surface area contributed by atoms with E-state index in [2.05, 4.69) is 26.1 Å². The number of piperidine rings is 1. The predicted molar refractivity (Wildman–Crippen MR) is 110 cm³/mol. The molecular formula is C21H25BrN2O3. The first-order valence-electron chi connectivity index (χ1n) is 9.24. The van der Waals surface area contributed by atoms with Crippen LogP contribution in [-0.2, 0) is 4.79 Å². The molecule has 1 atom stereocenters. The molecule has 6 heteroatoms. The summed E-state index contributed by atoms with van der Waals surface area (Å²) < 4.78 is 11.9. The number of methoxy groups -OCH3 is 1. The number of furan rings is 1. The van der Waals surface area contributed by atoms with Gasteiger partial charge in [-0.15, -0.1) is 0 Å². The lowest BCUT2D eigenvalue weighted by molar-refractivity contribution is -0.116. The van der Waals surface area contributed by atoms with Crippen LogP contribution in [0.4, 0.5) is 0 Å². The molecule has 1 N–H and O–H groups in total. The average molecular weight is 433 g/mol. The Bertz CT molecular complexity index is 768. The van der Waals surface area contributed by atoms with Gasteiger partial charge >= 0.3 is 0 Å². The summed E-state index contributed by atoms with van der Waals surface area (Å²) in [5.41, 5.74) is 0.848. The van der Waals surface area contributed by atoms with Crippen molar-refractivity contribution in [1.29, 1.82) is 0 Å². The van der Waals surface area contributed by atoms with Gasteiger partial charge in [-0.2, -0.15) is 0 Å². The second-order valence-corrected chi connectivity index (χ2v) is 7.51. The molecule has 27 heavy (non-hydrogen) atoms. The van der Waals surface area contributed by atoms with Gasteiger partial charge in [-0.25, -0.2) is 0 Å². The summed E-state index contributed by atoms with van der Waals surface area (Å²) in [5.74, 6) is 1.49. The van der Waals surface area contributed by atoms with Crippen LogP contribution in [0.25, 0.3) is 6.08 Å². The molecule has 1 saturated heterocycles. The molecule has 1 aliphatic rings. The van der Waals surface area contributed by atoms with Crippen molar-refractivity contribution in [2.24, 2.45) is 0 Å². The minimum absolute atomic E-state index is 0.0676. The van der Waals surface area contributed by atoms with Crippen LogP contribution in [0.15, 0.2) is 51.6 Å². The summed E-state index contributed by atoms with van der Waals surface area (Å²) in [5, 5.41) is 3.01. The zero-order valence-corrected chi connectivity index (χ0v) is 17.1. The van der Waals surface area contributed by atoms with E-state index >= 15 is 0 Å². The number of amides is 1. The second-order valence-electron chi connectivity index (χ2n) is 6.59. The molecule has 1 amide bonds. The van der Waals surface area contributed by atoms with E-state index in [1.54, 1.807) is 25.5 Å². The maximum Gasteiger partial charge on any atom is 0.244 e. The topological polar surface area (TPSA) is 54.7 Å². The lowest BCUT2D eigenvalue weighted by Gasteiger charge is -2.33. The highest BCUT2D eigenvalue weighted by Crippen LogP contribution is 2.25. The van der Waals surface area contributed by atoms with Crippen molar-refractivity contribution in [2.75, 3.05) is 26.7 Å². The quantitative estimate of drug-likeness (QED) is 0.658. The monoisotopic (exact) mass is 432 g/mol. The Morgan fingerprint density at radius 3 is 2.85 bits per heavy atom. The third-order valence-corrected chi connectivity index (χ3v) is 5.27. The summed E-state index contributed by atoms with van der Waals surface area (Å²) in [6.07, 6.45) is 8.64. The normalized spacial score (nSPS) is 16.4. The van der Waals surface area contributed by atoms with E-state index in [0.29, 0.717) is 6.54 Å². The van der Waals surface area contributed by atoms with Gasteiger partial charge in [-0.05, 0) is 62.3 Å². The lowest BCUT2D eigenvalue weighted by atomic mass is 10.1. The second kappa shape index (κ2) is 9.76. The largest absolute Gasteiger partial charge is 0.496 e. The molecule has 3 rings (SSSR count). The van der Waals surface area contributed by atoms with E-state index in [9.17, 15) is 4.79 Å². The smallest absolute Gasteiger partial charge is 0.244 e. The van der Waals surface area contributed by atoms with Crippen molar-refractivity contribution in [3.05, 3.63) is 58.5 Å². The van der Waals surface area contributed by atoms with E-state index in [1.165, 1.54) is 19.3 Å². The van der Waals surface area contributed by atoms with Crippen molar-refractivity contribution < 1.29 is 13.9 Å². The number of nitrogens with zero attached hydrogens (tertiary/aromatic N) is 1. The average Bonchev–Trinajstić information content (AvgIpc) is 3.22. The maximum absolute atomic E-state index is 12.4. The summed E-state index contributed by atoms with van der Waals surface area (Å²) in [6.45, 7) is 2.59. The number of hydrogen-bond acceptors (Lipinski definition) is 4. The molecule has 0 radical (unpaired) electrons. The molecule has 1 fully saturated rings. The van der Waals surface area contributed by atoms with Crippen molar-refractivity contribution in [3.63, 3.8) is 0 Å². The number of halogens is 1. The third kappa shape index (κ3) is 5.47. The Morgan fingerprint density at radius 2 is 2.15 bits per heavy atom.